The van der Waals surface area contributed by atoms with E-state index < -0.39 is 0 Å². The van der Waals surface area contributed by atoms with Crippen molar-refractivity contribution in [1.82, 2.24) is 30.3 Å². The number of hydrogen-bond donors (Lipinski definition) is 1. The molecule has 0 saturated carbocycles. The molecule has 134 valence electrons. The van der Waals surface area contributed by atoms with Gasteiger partial charge in [0.1, 0.15) is 5.01 Å². The fourth-order valence-corrected chi connectivity index (χ4v) is 4.71. The van der Waals surface area contributed by atoms with Crippen LogP contribution in [0.4, 0.5) is 0 Å². The number of amides is 1. The van der Waals surface area contributed by atoms with Crippen LogP contribution in [0.25, 0.3) is 5.82 Å². The van der Waals surface area contributed by atoms with Gasteiger partial charge < -0.3 is 5.32 Å². The summed E-state index contributed by atoms with van der Waals surface area (Å²) < 4.78 is 2.71. The lowest BCUT2D eigenvalue weighted by molar-refractivity contribution is -0.119. The first-order valence-electron chi connectivity index (χ1n) is 8.41. The molecule has 1 unspecified atom stereocenters. The van der Waals surface area contributed by atoms with E-state index in [1.807, 2.05) is 36.0 Å². The van der Waals surface area contributed by atoms with E-state index >= 15 is 0 Å². The molecule has 1 atom stereocenters. The van der Waals surface area contributed by atoms with Gasteiger partial charge in [-0.3, -0.25) is 4.79 Å². The normalized spacial score (nSPS) is 16.3. The average Bonchev–Trinajstić information content (AvgIpc) is 3.27. The molecule has 7 nitrogen and oxygen atoms in total. The van der Waals surface area contributed by atoms with Gasteiger partial charge >= 0.3 is 0 Å². The van der Waals surface area contributed by atoms with Gasteiger partial charge in [-0.1, -0.05) is 29.2 Å². The summed E-state index contributed by atoms with van der Waals surface area (Å²) in [4.78, 5) is 16.7. The van der Waals surface area contributed by atoms with Crippen molar-refractivity contribution in [3.05, 3.63) is 46.9 Å². The number of thioether (sulfide) groups is 1. The Morgan fingerprint density at radius 3 is 3.12 bits per heavy atom. The number of fused-ring (bicyclic) bond motifs is 1. The van der Waals surface area contributed by atoms with E-state index in [-0.39, 0.29) is 11.9 Å². The monoisotopic (exact) mass is 386 g/mol. The van der Waals surface area contributed by atoms with E-state index in [4.69, 9.17) is 0 Å². The largest absolute Gasteiger partial charge is 0.348 e. The van der Waals surface area contributed by atoms with Crippen molar-refractivity contribution < 1.29 is 4.79 Å². The first-order chi connectivity index (χ1) is 12.7. The summed E-state index contributed by atoms with van der Waals surface area (Å²) in [6, 6.07) is 5.78. The highest BCUT2D eigenvalue weighted by atomic mass is 32.2. The number of aromatic nitrogens is 5. The second-order valence-electron chi connectivity index (χ2n) is 6.03. The molecule has 0 bridgehead atoms. The molecule has 3 aromatic rings. The smallest absolute Gasteiger partial charge is 0.230 e. The van der Waals surface area contributed by atoms with Crippen LogP contribution >= 0.6 is 23.1 Å². The lowest BCUT2D eigenvalue weighted by Crippen LogP contribution is -2.32. The van der Waals surface area contributed by atoms with Gasteiger partial charge in [-0.25, -0.2) is 9.67 Å². The van der Waals surface area contributed by atoms with Crippen LogP contribution in [0.15, 0.2) is 34.9 Å². The molecule has 0 radical (unpaired) electrons. The fourth-order valence-electron chi connectivity index (χ4n) is 3.08. The van der Waals surface area contributed by atoms with Crippen LogP contribution in [-0.2, 0) is 11.2 Å². The zero-order valence-electron chi connectivity index (χ0n) is 14.3. The van der Waals surface area contributed by atoms with Crippen molar-refractivity contribution in [1.29, 1.82) is 0 Å². The number of carbonyl (C=O) groups is 1. The zero-order valence-corrected chi connectivity index (χ0v) is 15.9. The summed E-state index contributed by atoms with van der Waals surface area (Å²) in [7, 11) is 0. The third-order valence-corrected chi connectivity index (χ3v) is 6.19. The molecule has 1 amide bonds. The molecule has 1 aliphatic carbocycles. The van der Waals surface area contributed by atoms with Gasteiger partial charge in [0.2, 0.25) is 5.91 Å². The first kappa shape index (κ1) is 17.2. The van der Waals surface area contributed by atoms with Crippen LogP contribution in [-0.4, -0.2) is 36.6 Å². The molecule has 26 heavy (non-hydrogen) atoms. The van der Waals surface area contributed by atoms with E-state index in [2.05, 4.69) is 25.6 Å². The van der Waals surface area contributed by atoms with E-state index in [1.54, 1.807) is 6.20 Å². The molecule has 1 aliphatic rings. The number of pyridine rings is 1. The topological polar surface area (TPSA) is 85.6 Å². The lowest BCUT2D eigenvalue weighted by Gasteiger charge is -2.24. The average molecular weight is 387 g/mol. The van der Waals surface area contributed by atoms with Gasteiger partial charge in [-0.15, -0.1) is 10.2 Å². The van der Waals surface area contributed by atoms with E-state index in [1.165, 1.54) is 23.1 Å². The number of nitrogens with zero attached hydrogens (tertiary/aromatic N) is 5. The van der Waals surface area contributed by atoms with Gasteiger partial charge in [0, 0.05) is 11.8 Å². The SMILES string of the molecule is Cc1nnc(SCC(=O)NC2CCCc3c2cnn3-c2ccccn2)s1. The second kappa shape index (κ2) is 7.55. The van der Waals surface area contributed by atoms with Gasteiger partial charge in [0.25, 0.3) is 0 Å². The number of rotatable bonds is 5. The fraction of sp³-hybridized carbons (Fsp3) is 0.353. The van der Waals surface area contributed by atoms with Crippen molar-refractivity contribution in [3.8, 4) is 5.82 Å². The molecule has 3 aromatic heterocycles. The minimum absolute atomic E-state index is 0.000434. The highest BCUT2D eigenvalue weighted by Gasteiger charge is 2.26. The highest BCUT2D eigenvalue weighted by molar-refractivity contribution is 8.01. The summed E-state index contributed by atoms with van der Waals surface area (Å²) in [5, 5.41) is 16.6. The van der Waals surface area contributed by atoms with Crippen molar-refractivity contribution >= 4 is 29.0 Å². The molecular weight excluding hydrogens is 368 g/mol. The zero-order chi connectivity index (χ0) is 17.9. The van der Waals surface area contributed by atoms with Gasteiger partial charge in [0.05, 0.1) is 23.7 Å². The van der Waals surface area contributed by atoms with E-state index in [0.717, 1.165) is 45.7 Å². The summed E-state index contributed by atoms with van der Waals surface area (Å²) in [5.41, 5.74) is 2.22. The minimum Gasteiger partial charge on any atom is -0.348 e. The standard InChI is InChI=1S/C17H18N6OS2/c1-11-21-22-17(26-11)25-10-16(24)20-13-5-4-6-14-12(13)9-19-23(14)15-7-2-3-8-18-15/h2-3,7-9,13H,4-6,10H2,1H3,(H,20,24). The summed E-state index contributed by atoms with van der Waals surface area (Å²) in [6.07, 6.45) is 6.50. The Balaban J connectivity index is 1.45. The Hall–Kier alpha value is -2.26. The Labute approximate surface area is 159 Å². The molecule has 0 aromatic carbocycles. The third-order valence-electron chi connectivity index (χ3n) is 4.22. The molecular formula is C17H18N6OS2. The first-order valence-corrected chi connectivity index (χ1v) is 10.2. The third kappa shape index (κ3) is 3.63. The molecule has 0 aliphatic heterocycles. The Kier molecular flexibility index (Phi) is 4.98. The van der Waals surface area contributed by atoms with Crippen LogP contribution in [0.1, 0.15) is 35.1 Å². The number of carbonyl (C=O) groups excluding carboxylic acids is 1. The van der Waals surface area contributed by atoms with E-state index in [0.29, 0.717) is 5.75 Å². The molecule has 4 rings (SSSR count). The van der Waals surface area contributed by atoms with Crippen LogP contribution < -0.4 is 5.32 Å². The van der Waals surface area contributed by atoms with Gasteiger partial charge in [-0.05, 0) is 38.3 Å². The number of hydrogen-bond acceptors (Lipinski definition) is 7. The van der Waals surface area contributed by atoms with Crippen LogP contribution in [0.5, 0.6) is 0 Å². The molecule has 0 spiro atoms. The van der Waals surface area contributed by atoms with Crippen molar-refractivity contribution in [2.24, 2.45) is 0 Å². The number of aryl methyl sites for hydroxylation is 1. The Bertz CT molecular complexity index is 907. The minimum atomic E-state index is 0.000434. The summed E-state index contributed by atoms with van der Waals surface area (Å²) in [5.74, 6) is 1.16. The summed E-state index contributed by atoms with van der Waals surface area (Å²) in [6.45, 7) is 1.91. The van der Waals surface area contributed by atoms with Crippen LogP contribution in [0.2, 0.25) is 0 Å². The van der Waals surface area contributed by atoms with E-state index in [9.17, 15) is 4.79 Å². The maximum atomic E-state index is 12.4. The van der Waals surface area contributed by atoms with Crippen LogP contribution in [0, 0.1) is 6.92 Å². The molecule has 1 N–H and O–H groups in total. The van der Waals surface area contributed by atoms with Gasteiger partial charge in [-0.2, -0.15) is 5.10 Å². The van der Waals surface area contributed by atoms with Gasteiger partial charge in [0.15, 0.2) is 10.2 Å². The van der Waals surface area contributed by atoms with Crippen molar-refractivity contribution in [2.45, 2.75) is 36.6 Å². The van der Waals surface area contributed by atoms with Crippen molar-refractivity contribution in [3.63, 3.8) is 0 Å². The highest BCUT2D eigenvalue weighted by Crippen LogP contribution is 2.31. The molecule has 9 heteroatoms. The maximum absolute atomic E-state index is 12.4. The summed E-state index contributed by atoms with van der Waals surface area (Å²) >= 11 is 2.93. The Morgan fingerprint density at radius 2 is 2.35 bits per heavy atom. The second-order valence-corrected chi connectivity index (χ2v) is 8.44. The lowest BCUT2D eigenvalue weighted by atomic mass is 9.93. The predicted octanol–water partition coefficient (Wildman–Crippen LogP) is 2.71. The predicted molar refractivity (Wildman–Crippen MR) is 101 cm³/mol. The van der Waals surface area contributed by atoms with Crippen LogP contribution in [0.3, 0.4) is 0 Å². The quantitative estimate of drug-likeness (QED) is 0.679. The number of nitrogens with one attached hydrogen (secondary N) is 1. The Morgan fingerprint density at radius 1 is 1.42 bits per heavy atom. The maximum Gasteiger partial charge on any atom is 0.230 e. The molecule has 0 saturated heterocycles. The molecule has 0 fully saturated rings. The molecule has 3 heterocycles. The van der Waals surface area contributed by atoms with Crippen molar-refractivity contribution in [2.75, 3.05) is 5.75 Å².